The molecule has 1 nitrogen and oxygen atoms in total. The summed E-state index contributed by atoms with van der Waals surface area (Å²) in [6.07, 6.45) is 2.16. The Morgan fingerprint density at radius 2 is 1.72 bits per heavy atom. The molecule has 3 aromatic rings. The average molecular weight is 233 g/mol. The van der Waals surface area contributed by atoms with Gasteiger partial charge in [-0.2, -0.15) is 0 Å². The van der Waals surface area contributed by atoms with Gasteiger partial charge in [-0.05, 0) is 30.2 Å². The highest BCUT2D eigenvalue weighted by Gasteiger charge is 1.98. The molecule has 1 heteroatoms. The molecule has 18 heavy (non-hydrogen) atoms. The standard InChI is InChI=1S/C17H15N/c1-12-7-3-4-8-14(12)11-17-13(2)15-9-5-6-10-16(15)18-17/h3-11,18H,2H2,1H3/b17-11-. The fourth-order valence-electron chi connectivity index (χ4n) is 2.25. The van der Waals surface area contributed by atoms with Gasteiger partial charge in [-0.1, -0.05) is 49.0 Å². The molecule has 0 amide bonds. The first-order valence-electron chi connectivity index (χ1n) is 6.09. The Morgan fingerprint density at radius 1 is 1.00 bits per heavy atom. The summed E-state index contributed by atoms with van der Waals surface area (Å²) in [5.74, 6) is 0. The molecule has 0 radical (unpaired) electrons. The molecule has 0 aliphatic carbocycles. The van der Waals surface area contributed by atoms with Gasteiger partial charge in [0.2, 0.25) is 0 Å². The van der Waals surface area contributed by atoms with Crippen LogP contribution < -0.4 is 10.6 Å². The number of aromatic nitrogens is 1. The molecule has 0 spiro atoms. The van der Waals surface area contributed by atoms with E-state index >= 15 is 0 Å². The van der Waals surface area contributed by atoms with E-state index in [1.165, 1.54) is 16.5 Å². The second-order valence-electron chi connectivity index (χ2n) is 4.56. The Morgan fingerprint density at radius 3 is 2.50 bits per heavy atom. The van der Waals surface area contributed by atoms with Crippen molar-refractivity contribution in [3.8, 4) is 0 Å². The van der Waals surface area contributed by atoms with Gasteiger partial charge >= 0.3 is 0 Å². The Kier molecular flexibility index (Phi) is 2.52. The minimum absolute atomic E-state index is 1.06. The monoisotopic (exact) mass is 233 g/mol. The summed E-state index contributed by atoms with van der Waals surface area (Å²) < 4.78 is 0. The van der Waals surface area contributed by atoms with Crippen LogP contribution in [0.15, 0.2) is 48.5 Å². The molecular formula is C17H15N. The summed E-state index contributed by atoms with van der Waals surface area (Å²) in [6, 6.07) is 16.6. The zero-order valence-electron chi connectivity index (χ0n) is 10.4. The van der Waals surface area contributed by atoms with Gasteiger partial charge in [-0.15, -0.1) is 0 Å². The lowest BCUT2D eigenvalue weighted by Gasteiger charge is -1.97. The number of hydrogen-bond acceptors (Lipinski definition) is 0. The van der Waals surface area contributed by atoms with E-state index in [1.54, 1.807) is 0 Å². The van der Waals surface area contributed by atoms with E-state index in [9.17, 15) is 0 Å². The van der Waals surface area contributed by atoms with Crippen molar-refractivity contribution in [3.05, 3.63) is 70.2 Å². The van der Waals surface area contributed by atoms with E-state index in [4.69, 9.17) is 0 Å². The van der Waals surface area contributed by atoms with E-state index < -0.39 is 0 Å². The van der Waals surface area contributed by atoms with Crippen molar-refractivity contribution < 1.29 is 0 Å². The van der Waals surface area contributed by atoms with Crippen molar-refractivity contribution in [1.29, 1.82) is 0 Å². The van der Waals surface area contributed by atoms with Crippen molar-refractivity contribution in [2.24, 2.45) is 0 Å². The van der Waals surface area contributed by atoms with Crippen molar-refractivity contribution in [2.75, 3.05) is 0 Å². The smallest absolute Gasteiger partial charge is 0.0464 e. The van der Waals surface area contributed by atoms with Crippen LogP contribution >= 0.6 is 0 Å². The number of aryl methyl sites for hydroxylation is 1. The quantitative estimate of drug-likeness (QED) is 0.665. The maximum absolute atomic E-state index is 4.17. The van der Waals surface area contributed by atoms with E-state index in [0.29, 0.717) is 0 Å². The molecule has 0 saturated carbocycles. The first-order valence-corrected chi connectivity index (χ1v) is 6.09. The zero-order chi connectivity index (χ0) is 12.5. The van der Waals surface area contributed by atoms with Crippen LogP contribution in [0.3, 0.4) is 0 Å². The Hall–Kier alpha value is -2.28. The highest BCUT2D eigenvalue weighted by Crippen LogP contribution is 2.08. The van der Waals surface area contributed by atoms with Gasteiger partial charge in [-0.3, -0.25) is 0 Å². The number of hydrogen-bond donors (Lipinski definition) is 1. The fraction of sp³-hybridized carbons (Fsp3) is 0.0588. The first kappa shape index (κ1) is 10.8. The van der Waals surface area contributed by atoms with Gasteiger partial charge < -0.3 is 4.98 Å². The van der Waals surface area contributed by atoms with Gasteiger partial charge in [0.1, 0.15) is 0 Å². The highest BCUT2D eigenvalue weighted by atomic mass is 14.7. The third kappa shape index (κ3) is 1.74. The first-order chi connectivity index (χ1) is 8.75. The Balaban J connectivity index is 2.30. The summed E-state index contributed by atoms with van der Waals surface area (Å²) in [4.78, 5) is 3.42. The summed E-state index contributed by atoms with van der Waals surface area (Å²) >= 11 is 0. The lowest BCUT2D eigenvalue weighted by molar-refractivity contribution is 1.34. The minimum atomic E-state index is 1.06. The molecule has 88 valence electrons. The summed E-state index contributed by atoms with van der Waals surface area (Å²) in [7, 11) is 0. The number of aromatic amines is 1. The molecule has 1 aromatic heterocycles. The van der Waals surface area contributed by atoms with Crippen LogP contribution in [0.1, 0.15) is 11.1 Å². The Bertz CT molecular complexity index is 809. The summed E-state index contributed by atoms with van der Waals surface area (Å²) in [5, 5.41) is 3.34. The molecule has 1 heterocycles. The predicted molar refractivity (Wildman–Crippen MR) is 77.8 cm³/mol. The lowest BCUT2D eigenvalue weighted by atomic mass is 10.1. The van der Waals surface area contributed by atoms with Crippen LogP contribution in [0.25, 0.3) is 23.6 Å². The zero-order valence-corrected chi connectivity index (χ0v) is 10.4. The van der Waals surface area contributed by atoms with Crippen LogP contribution in [-0.2, 0) is 0 Å². The van der Waals surface area contributed by atoms with Crippen molar-refractivity contribution in [2.45, 2.75) is 6.92 Å². The molecular weight excluding hydrogens is 218 g/mol. The number of benzene rings is 2. The number of fused-ring (bicyclic) bond motifs is 1. The number of nitrogens with one attached hydrogen (secondary N) is 1. The molecule has 2 aromatic carbocycles. The predicted octanol–water partition coefficient (Wildman–Crippen LogP) is 2.72. The molecule has 0 atom stereocenters. The van der Waals surface area contributed by atoms with Crippen LogP contribution in [0.4, 0.5) is 0 Å². The largest absolute Gasteiger partial charge is 0.355 e. The Labute approximate surface area is 106 Å². The third-order valence-corrected chi connectivity index (χ3v) is 3.33. The molecule has 0 saturated heterocycles. The van der Waals surface area contributed by atoms with Crippen LogP contribution in [-0.4, -0.2) is 4.98 Å². The summed E-state index contributed by atoms with van der Waals surface area (Å²) in [5.41, 5.74) is 3.65. The second kappa shape index (κ2) is 4.19. The maximum Gasteiger partial charge on any atom is 0.0464 e. The molecule has 0 fully saturated rings. The SMILES string of the molecule is C=c1/c(=C/c2ccccc2C)[nH]c2ccccc12. The van der Waals surface area contributed by atoms with Gasteiger partial charge in [0.25, 0.3) is 0 Å². The van der Waals surface area contributed by atoms with Crippen molar-refractivity contribution in [3.63, 3.8) is 0 Å². The number of H-pyrrole nitrogens is 1. The average Bonchev–Trinajstić information content (AvgIpc) is 2.70. The maximum atomic E-state index is 4.17. The third-order valence-electron chi connectivity index (χ3n) is 3.33. The lowest BCUT2D eigenvalue weighted by Crippen LogP contribution is -2.21. The van der Waals surface area contributed by atoms with Gasteiger partial charge in [-0.25, -0.2) is 0 Å². The molecule has 0 aliphatic heterocycles. The highest BCUT2D eigenvalue weighted by molar-refractivity contribution is 5.80. The van der Waals surface area contributed by atoms with Crippen LogP contribution in [0.2, 0.25) is 0 Å². The van der Waals surface area contributed by atoms with E-state index in [2.05, 4.69) is 61.0 Å². The number of para-hydroxylation sites is 1. The number of rotatable bonds is 1. The second-order valence-corrected chi connectivity index (χ2v) is 4.56. The van der Waals surface area contributed by atoms with Gasteiger partial charge in [0.05, 0.1) is 0 Å². The van der Waals surface area contributed by atoms with Crippen molar-refractivity contribution >= 4 is 23.6 Å². The minimum Gasteiger partial charge on any atom is -0.355 e. The normalized spacial score (nSPS) is 12.2. The topological polar surface area (TPSA) is 15.8 Å². The van der Waals surface area contributed by atoms with E-state index in [0.717, 1.165) is 16.1 Å². The van der Waals surface area contributed by atoms with Crippen molar-refractivity contribution in [1.82, 2.24) is 4.98 Å². The van der Waals surface area contributed by atoms with E-state index in [-0.39, 0.29) is 0 Å². The molecule has 0 aliphatic rings. The van der Waals surface area contributed by atoms with E-state index in [1.807, 2.05) is 12.1 Å². The molecule has 0 unspecified atom stereocenters. The molecule has 0 bridgehead atoms. The molecule has 1 N–H and O–H groups in total. The summed E-state index contributed by atoms with van der Waals surface area (Å²) in [6.45, 7) is 6.29. The van der Waals surface area contributed by atoms with Crippen LogP contribution in [0.5, 0.6) is 0 Å². The fourth-order valence-corrected chi connectivity index (χ4v) is 2.25. The van der Waals surface area contributed by atoms with Gasteiger partial charge in [0, 0.05) is 21.5 Å². The van der Waals surface area contributed by atoms with Gasteiger partial charge in [0.15, 0.2) is 0 Å². The molecule has 3 rings (SSSR count). The van der Waals surface area contributed by atoms with Crippen LogP contribution in [0, 0.1) is 6.92 Å².